The van der Waals surface area contributed by atoms with E-state index in [-0.39, 0.29) is 24.0 Å². The molecular formula is C20H39IN6. The molecule has 0 amide bonds. The van der Waals surface area contributed by atoms with Crippen LogP contribution in [-0.4, -0.2) is 64.6 Å². The summed E-state index contributed by atoms with van der Waals surface area (Å²) < 4.78 is 2.23. The van der Waals surface area contributed by atoms with E-state index in [2.05, 4.69) is 65.5 Å². The van der Waals surface area contributed by atoms with Crippen LogP contribution in [0.3, 0.4) is 0 Å². The van der Waals surface area contributed by atoms with Gasteiger partial charge in [0.05, 0.1) is 0 Å². The Bertz CT molecular complexity index is 552. The maximum absolute atomic E-state index is 4.89. The van der Waals surface area contributed by atoms with Crippen molar-refractivity contribution in [1.29, 1.82) is 0 Å². The van der Waals surface area contributed by atoms with Crippen LogP contribution in [0.4, 0.5) is 0 Å². The lowest BCUT2D eigenvalue weighted by atomic mass is 10.1. The molecule has 0 saturated carbocycles. The van der Waals surface area contributed by atoms with Crippen LogP contribution >= 0.6 is 24.0 Å². The van der Waals surface area contributed by atoms with E-state index in [9.17, 15) is 0 Å². The summed E-state index contributed by atoms with van der Waals surface area (Å²) >= 11 is 0. The number of nitrogens with zero attached hydrogens (tertiary/aromatic N) is 5. The van der Waals surface area contributed by atoms with Crippen LogP contribution < -0.4 is 5.32 Å². The van der Waals surface area contributed by atoms with Crippen molar-refractivity contribution in [3.8, 4) is 0 Å². The number of halogens is 1. The summed E-state index contributed by atoms with van der Waals surface area (Å²) in [5.41, 5.74) is 0. The summed E-state index contributed by atoms with van der Waals surface area (Å²) in [6.45, 7) is 19.3. The van der Waals surface area contributed by atoms with E-state index in [1.54, 1.807) is 0 Å². The minimum Gasteiger partial charge on any atom is -0.357 e. The number of hydrogen-bond acceptors (Lipinski definition) is 3. The van der Waals surface area contributed by atoms with Crippen molar-refractivity contribution in [2.45, 2.75) is 54.1 Å². The summed E-state index contributed by atoms with van der Waals surface area (Å²) in [6.07, 6.45) is 5.20. The number of nitrogens with one attached hydrogen (secondary N) is 1. The van der Waals surface area contributed by atoms with E-state index < -0.39 is 0 Å². The second kappa shape index (κ2) is 12.6. The molecule has 1 aromatic rings. The largest absolute Gasteiger partial charge is 0.357 e. The van der Waals surface area contributed by atoms with Crippen molar-refractivity contribution in [3.05, 3.63) is 18.2 Å². The zero-order chi connectivity index (χ0) is 18.9. The van der Waals surface area contributed by atoms with Crippen molar-refractivity contribution in [1.82, 2.24) is 24.7 Å². The fraction of sp³-hybridized carbons (Fsp3) is 0.800. The Balaban J connectivity index is 0.00000364. The Hall–Kier alpha value is -0.830. The van der Waals surface area contributed by atoms with Gasteiger partial charge in [-0.05, 0) is 38.3 Å². The van der Waals surface area contributed by atoms with Gasteiger partial charge >= 0.3 is 0 Å². The zero-order valence-electron chi connectivity index (χ0n) is 17.8. The van der Waals surface area contributed by atoms with Gasteiger partial charge in [0.2, 0.25) is 0 Å². The predicted octanol–water partition coefficient (Wildman–Crippen LogP) is 3.29. The van der Waals surface area contributed by atoms with E-state index >= 15 is 0 Å². The third kappa shape index (κ3) is 7.60. The van der Waals surface area contributed by atoms with Crippen LogP contribution in [0.15, 0.2) is 17.4 Å². The van der Waals surface area contributed by atoms with Crippen LogP contribution in [0.2, 0.25) is 0 Å². The van der Waals surface area contributed by atoms with E-state index in [1.807, 2.05) is 6.20 Å². The van der Waals surface area contributed by atoms with Gasteiger partial charge in [-0.15, -0.1) is 24.0 Å². The quantitative estimate of drug-likeness (QED) is 0.328. The fourth-order valence-corrected chi connectivity index (χ4v) is 3.64. The normalized spacial score (nSPS) is 17.7. The molecule has 1 unspecified atom stereocenters. The molecule has 2 rings (SSSR count). The molecule has 7 heteroatoms. The Morgan fingerprint density at radius 3 is 2.70 bits per heavy atom. The molecule has 2 heterocycles. The van der Waals surface area contributed by atoms with Gasteiger partial charge in [0, 0.05) is 45.1 Å². The van der Waals surface area contributed by atoms with Crippen molar-refractivity contribution >= 4 is 29.9 Å². The van der Waals surface area contributed by atoms with Crippen molar-refractivity contribution in [2.75, 3.05) is 39.3 Å². The van der Waals surface area contributed by atoms with E-state index in [0.717, 1.165) is 57.0 Å². The highest BCUT2D eigenvalue weighted by Crippen LogP contribution is 2.18. The summed E-state index contributed by atoms with van der Waals surface area (Å²) in [5, 5.41) is 3.47. The number of aliphatic imine (C=N–C) groups is 1. The molecule has 6 nitrogen and oxygen atoms in total. The molecule has 1 atom stereocenters. The smallest absolute Gasteiger partial charge is 0.194 e. The Labute approximate surface area is 182 Å². The summed E-state index contributed by atoms with van der Waals surface area (Å²) in [7, 11) is 0. The van der Waals surface area contributed by atoms with Gasteiger partial charge in [0.25, 0.3) is 0 Å². The Morgan fingerprint density at radius 1 is 1.33 bits per heavy atom. The molecule has 0 bridgehead atoms. The maximum Gasteiger partial charge on any atom is 0.194 e. The third-order valence-corrected chi connectivity index (χ3v) is 5.06. The minimum atomic E-state index is 0. The summed E-state index contributed by atoms with van der Waals surface area (Å²) in [4.78, 5) is 14.4. The van der Waals surface area contributed by atoms with E-state index in [0.29, 0.717) is 12.5 Å². The SMILES string of the molecule is CCNC(=NCc1nccn1CC(C)C)N1CCC(CN(CC)CC)C1.I. The lowest BCUT2D eigenvalue weighted by Gasteiger charge is -2.24. The molecule has 0 aliphatic carbocycles. The van der Waals surface area contributed by atoms with Gasteiger partial charge in [-0.1, -0.05) is 27.7 Å². The third-order valence-electron chi connectivity index (χ3n) is 5.06. The molecule has 156 valence electrons. The zero-order valence-corrected chi connectivity index (χ0v) is 20.1. The number of rotatable bonds is 9. The summed E-state index contributed by atoms with van der Waals surface area (Å²) in [5.74, 6) is 3.43. The first-order chi connectivity index (χ1) is 12.6. The van der Waals surface area contributed by atoms with Crippen LogP contribution in [0, 0.1) is 11.8 Å². The second-order valence-corrected chi connectivity index (χ2v) is 7.65. The maximum atomic E-state index is 4.89. The van der Waals surface area contributed by atoms with Gasteiger partial charge in [-0.2, -0.15) is 0 Å². The van der Waals surface area contributed by atoms with Gasteiger partial charge in [-0.25, -0.2) is 9.98 Å². The highest BCUT2D eigenvalue weighted by atomic mass is 127. The predicted molar refractivity (Wildman–Crippen MR) is 125 cm³/mol. The first kappa shape index (κ1) is 24.2. The molecule has 0 spiro atoms. The van der Waals surface area contributed by atoms with E-state index in [4.69, 9.17) is 4.99 Å². The van der Waals surface area contributed by atoms with Crippen molar-refractivity contribution in [2.24, 2.45) is 16.8 Å². The highest BCUT2D eigenvalue weighted by molar-refractivity contribution is 14.0. The lowest BCUT2D eigenvalue weighted by Crippen LogP contribution is -2.41. The fourth-order valence-electron chi connectivity index (χ4n) is 3.64. The Kier molecular flexibility index (Phi) is 11.3. The van der Waals surface area contributed by atoms with Crippen LogP contribution in [0.1, 0.15) is 46.9 Å². The van der Waals surface area contributed by atoms with Gasteiger partial charge in [0.1, 0.15) is 12.4 Å². The number of likely N-dealkylation sites (tertiary alicyclic amines) is 1. The second-order valence-electron chi connectivity index (χ2n) is 7.65. The molecule has 0 aromatic carbocycles. The van der Waals surface area contributed by atoms with Gasteiger partial charge in [0.15, 0.2) is 5.96 Å². The molecule has 1 aliphatic rings. The number of guanidine groups is 1. The molecule has 1 saturated heterocycles. The average Bonchev–Trinajstić information content (AvgIpc) is 3.25. The monoisotopic (exact) mass is 490 g/mol. The van der Waals surface area contributed by atoms with Crippen LogP contribution in [-0.2, 0) is 13.1 Å². The molecule has 1 fully saturated rings. The molecule has 1 N–H and O–H groups in total. The van der Waals surface area contributed by atoms with Gasteiger partial charge in [-0.3, -0.25) is 0 Å². The minimum absolute atomic E-state index is 0. The number of hydrogen-bond donors (Lipinski definition) is 1. The average molecular weight is 490 g/mol. The first-order valence-electron chi connectivity index (χ1n) is 10.3. The lowest BCUT2D eigenvalue weighted by molar-refractivity contribution is 0.255. The van der Waals surface area contributed by atoms with E-state index in [1.165, 1.54) is 13.0 Å². The van der Waals surface area contributed by atoms with Gasteiger partial charge < -0.3 is 19.7 Å². The van der Waals surface area contributed by atoms with Crippen LogP contribution in [0.25, 0.3) is 0 Å². The first-order valence-corrected chi connectivity index (χ1v) is 10.3. The topological polar surface area (TPSA) is 48.7 Å². The molecule has 0 radical (unpaired) electrons. The highest BCUT2D eigenvalue weighted by Gasteiger charge is 2.26. The van der Waals surface area contributed by atoms with Crippen molar-refractivity contribution in [3.63, 3.8) is 0 Å². The standard InChI is InChI=1S/C20H38N6.HI/c1-6-21-20(23-13-19-22-10-12-25(19)14-17(4)5)26-11-9-18(16-26)15-24(7-2)8-3;/h10,12,17-18H,6-9,11,13-16H2,1-5H3,(H,21,23);1H. The molecule has 1 aliphatic heterocycles. The molecular weight excluding hydrogens is 451 g/mol. The number of aromatic nitrogens is 2. The molecule has 27 heavy (non-hydrogen) atoms. The number of imidazole rings is 1. The Morgan fingerprint density at radius 2 is 2.07 bits per heavy atom. The van der Waals surface area contributed by atoms with Crippen LogP contribution in [0.5, 0.6) is 0 Å². The molecule has 1 aromatic heterocycles. The van der Waals surface area contributed by atoms with Crippen molar-refractivity contribution < 1.29 is 0 Å². The summed E-state index contributed by atoms with van der Waals surface area (Å²) in [6, 6.07) is 0.